The van der Waals surface area contributed by atoms with E-state index in [-0.39, 0.29) is 0 Å². The van der Waals surface area contributed by atoms with Gasteiger partial charge in [-0.05, 0) is 28.8 Å². The zero-order valence-electron chi connectivity index (χ0n) is 13.6. The smallest absolute Gasteiger partial charge is 0.249 e. The van der Waals surface area contributed by atoms with Crippen LogP contribution in [0.3, 0.4) is 0 Å². The molecule has 4 heteroatoms. The Morgan fingerprint density at radius 2 is 1.68 bits per heavy atom. The number of aromatic nitrogens is 2. The molecule has 0 atom stereocenters. The van der Waals surface area contributed by atoms with Crippen LogP contribution in [0.1, 0.15) is 21.6 Å². The van der Waals surface area contributed by atoms with E-state index in [0.29, 0.717) is 12.0 Å². The van der Waals surface area contributed by atoms with Crippen LogP contribution in [0.25, 0.3) is 22.0 Å². The maximum atomic E-state index is 12.0. The van der Waals surface area contributed by atoms with Crippen molar-refractivity contribution < 1.29 is 4.79 Å². The highest BCUT2D eigenvalue weighted by Crippen LogP contribution is 2.30. The lowest BCUT2D eigenvalue weighted by Crippen LogP contribution is -2.13. The summed E-state index contributed by atoms with van der Waals surface area (Å²) in [5, 5.41) is 8.61. The minimum Gasteiger partial charge on any atom is -0.366 e. The van der Waals surface area contributed by atoms with E-state index in [1.165, 1.54) is 0 Å². The maximum absolute atomic E-state index is 12.0. The molecule has 0 aliphatic rings. The monoisotopic (exact) mass is 327 g/mol. The van der Waals surface area contributed by atoms with Crippen LogP contribution in [0.4, 0.5) is 0 Å². The molecule has 0 bridgehead atoms. The third kappa shape index (κ3) is 2.78. The predicted octanol–water partition coefficient (Wildman–Crippen LogP) is 3.92. The molecule has 122 valence electrons. The van der Waals surface area contributed by atoms with E-state index in [0.717, 1.165) is 33.3 Å². The van der Waals surface area contributed by atoms with Gasteiger partial charge in [0.15, 0.2) is 0 Å². The highest BCUT2D eigenvalue weighted by molar-refractivity contribution is 6.00. The van der Waals surface area contributed by atoms with Gasteiger partial charge in [-0.2, -0.15) is 5.10 Å². The Kier molecular flexibility index (Phi) is 3.78. The number of benzene rings is 3. The summed E-state index contributed by atoms with van der Waals surface area (Å²) in [5.41, 5.74) is 11.0. The topological polar surface area (TPSA) is 71.8 Å². The Hall–Kier alpha value is -3.40. The van der Waals surface area contributed by atoms with Gasteiger partial charge in [0, 0.05) is 17.4 Å². The van der Waals surface area contributed by atoms with Crippen molar-refractivity contribution in [2.75, 3.05) is 0 Å². The summed E-state index contributed by atoms with van der Waals surface area (Å²) in [5.74, 6) is -0.424. The molecule has 4 aromatic rings. The van der Waals surface area contributed by atoms with E-state index >= 15 is 0 Å². The van der Waals surface area contributed by atoms with Crippen LogP contribution in [0.15, 0.2) is 72.8 Å². The molecule has 4 rings (SSSR count). The number of hydrogen-bond donors (Lipinski definition) is 2. The SMILES string of the molecule is NC(=O)c1cccc(Cc2n[nH]c3ccccc23)c1-c1ccccc1. The first-order chi connectivity index (χ1) is 12.2. The van der Waals surface area contributed by atoms with Crippen LogP contribution < -0.4 is 5.73 Å². The Morgan fingerprint density at radius 3 is 2.48 bits per heavy atom. The van der Waals surface area contributed by atoms with Gasteiger partial charge in [-0.15, -0.1) is 0 Å². The van der Waals surface area contributed by atoms with Gasteiger partial charge in [-0.25, -0.2) is 0 Å². The summed E-state index contributed by atoms with van der Waals surface area (Å²) in [6, 6.07) is 23.6. The average Bonchev–Trinajstić information content (AvgIpc) is 3.05. The third-order valence-electron chi connectivity index (χ3n) is 4.39. The van der Waals surface area contributed by atoms with Crippen molar-refractivity contribution in [3.05, 3.63) is 89.6 Å². The summed E-state index contributed by atoms with van der Waals surface area (Å²) in [7, 11) is 0. The number of primary amides is 1. The Morgan fingerprint density at radius 1 is 0.920 bits per heavy atom. The van der Waals surface area contributed by atoms with Crippen molar-refractivity contribution in [1.82, 2.24) is 10.2 Å². The molecule has 3 aromatic carbocycles. The maximum Gasteiger partial charge on any atom is 0.249 e. The number of carbonyl (C=O) groups is 1. The number of carbonyl (C=O) groups excluding carboxylic acids is 1. The van der Waals surface area contributed by atoms with Crippen LogP contribution in [-0.4, -0.2) is 16.1 Å². The molecule has 0 unspecified atom stereocenters. The molecular weight excluding hydrogens is 310 g/mol. The zero-order valence-corrected chi connectivity index (χ0v) is 13.6. The number of amides is 1. The summed E-state index contributed by atoms with van der Waals surface area (Å²) >= 11 is 0. The molecule has 0 fully saturated rings. The van der Waals surface area contributed by atoms with Gasteiger partial charge in [0.25, 0.3) is 0 Å². The number of nitrogens with zero attached hydrogens (tertiary/aromatic N) is 1. The summed E-state index contributed by atoms with van der Waals surface area (Å²) in [6.07, 6.45) is 0.620. The second-order valence-corrected chi connectivity index (χ2v) is 5.96. The van der Waals surface area contributed by atoms with E-state index in [1.54, 1.807) is 6.07 Å². The van der Waals surface area contributed by atoms with E-state index in [4.69, 9.17) is 5.73 Å². The summed E-state index contributed by atoms with van der Waals surface area (Å²) in [4.78, 5) is 12.0. The first kappa shape index (κ1) is 15.1. The van der Waals surface area contributed by atoms with Crippen molar-refractivity contribution in [2.24, 2.45) is 5.73 Å². The van der Waals surface area contributed by atoms with Gasteiger partial charge < -0.3 is 5.73 Å². The van der Waals surface area contributed by atoms with E-state index in [2.05, 4.69) is 10.2 Å². The molecule has 4 nitrogen and oxygen atoms in total. The van der Waals surface area contributed by atoms with Crippen LogP contribution in [0, 0.1) is 0 Å². The van der Waals surface area contributed by atoms with Gasteiger partial charge in [-0.1, -0.05) is 60.7 Å². The number of aromatic amines is 1. The van der Waals surface area contributed by atoms with Gasteiger partial charge >= 0.3 is 0 Å². The van der Waals surface area contributed by atoms with Crippen molar-refractivity contribution in [2.45, 2.75) is 6.42 Å². The number of fused-ring (bicyclic) bond motifs is 1. The zero-order chi connectivity index (χ0) is 17.2. The number of nitrogens with two attached hydrogens (primary N) is 1. The lowest BCUT2D eigenvalue weighted by Gasteiger charge is -2.13. The second kappa shape index (κ2) is 6.24. The Labute approximate surface area is 145 Å². The number of para-hydroxylation sites is 1. The second-order valence-electron chi connectivity index (χ2n) is 5.96. The molecule has 0 aliphatic heterocycles. The number of nitrogens with one attached hydrogen (secondary N) is 1. The van der Waals surface area contributed by atoms with Gasteiger partial charge in [-0.3, -0.25) is 9.89 Å². The molecular formula is C21H17N3O. The quantitative estimate of drug-likeness (QED) is 0.596. The average molecular weight is 327 g/mol. The number of rotatable bonds is 4. The largest absolute Gasteiger partial charge is 0.366 e. The van der Waals surface area contributed by atoms with Crippen LogP contribution in [0.5, 0.6) is 0 Å². The molecule has 1 aromatic heterocycles. The molecule has 0 saturated carbocycles. The van der Waals surface area contributed by atoms with Crippen molar-refractivity contribution in [1.29, 1.82) is 0 Å². The van der Waals surface area contributed by atoms with E-state index in [9.17, 15) is 4.79 Å². The first-order valence-electron chi connectivity index (χ1n) is 8.13. The minimum atomic E-state index is -0.424. The van der Waals surface area contributed by atoms with Crippen LogP contribution >= 0.6 is 0 Å². The number of H-pyrrole nitrogens is 1. The standard InChI is InChI=1S/C21H17N3O/c22-21(25)17-11-6-9-15(20(17)14-7-2-1-3-8-14)13-19-16-10-4-5-12-18(16)23-24-19/h1-12H,13H2,(H2,22,25)(H,23,24). The molecule has 0 spiro atoms. The van der Waals surface area contributed by atoms with Crippen molar-refractivity contribution in [3.63, 3.8) is 0 Å². The minimum absolute atomic E-state index is 0.424. The fourth-order valence-electron chi connectivity index (χ4n) is 3.23. The summed E-state index contributed by atoms with van der Waals surface area (Å²) < 4.78 is 0. The lowest BCUT2D eigenvalue weighted by molar-refractivity contribution is 0.100. The Bertz CT molecular complexity index is 1050. The molecule has 1 amide bonds. The van der Waals surface area contributed by atoms with E-state index < -0.39 is 5.91 Å². The normalized spacial score (nSPS) is 10.9. The molecule has 3 N–H and O–H groups in total. The highest BCUT2D eigenvalue weighted by Gasteiger charge is 2.16. The van der Waals surface area contributed by atoms with E-state index in [1.807, 2.05) is 66.7 Å². The fraction of sp³-hybridized carbons (Fsp3) is 0.0476. The Balaban J connectivity index is 1.87. The summed E-state index contributed by atoms with van der Waals surface area (Å²) in [6.45, 7) is 0. The highest BCUT2D eigenvalue weighted by atomic mass is 16.1. The van der Waals surface area contributed by atoms with Gasteiger partial charge in [0.1, 0.15) is 0 Å². The predicted molar refractivity (Wildman–Crippen MR) is 99.3 cm³/mol. The van der Waals surface area contributed by atoms with Gasteiger partial charge in [0.05, 0.1) is 11.2 Å². The first-order valence-corrected chi connectivity index (χ1v) is 8.13. The third-order valence-corrected chi connectivity index (χ3v) is 4.39. The van der Waals surface area contributed by atoms with Gasteiger partial charge in [0.2, 0.25) is 5.91 Å². The fourth-order valence-corrected chi connectivity index (χ4v) is 3.23. The molecule has 0 radical (unpaired) electrons. The molecule has 25 heavy (non-hydrogen) atoms. The van der Waals surface area contributed by atoms with Crippen molar-refractivity contribution >= 4 is 16.8 Å². The van der Waals surface area contributed by atoms with Crippen LogP contribution in [-0.2, 0) is 6.42 Å². The molecule has 0 aliphatic carbocycles. The lowest BCUT2D eigenvalue weighted by atomic mass is 9.91. The number of hydrogen-bond acceptors (Lipinski definition) is 2. The molecule has 1 heterocycles. The van der Waals surface area contributed by atoms with Crippen LogP contribution in [0.2, 0.25) is 0 Å². The molecule has 0 saturated heterocycles. The van der Waals surface area contributed by atoms with Crippen molar-refractivity contribution in [3.8, 4) is 11.1 Å².